The summed E-state index contributed by atoms with van der Waals surface area (Å²) in [7, 11) is 0. The molecule has 1 aliphatic rings. The van der Waals surface area contributed by atoms with Crippen molar-refractivity contribution in [1.29, 1.82) is 0 Å². The van der Waals surface area contributed by atoms with E-state index in [4.69, 9.17) is 11.6 Å². The first-order chi connectivity index (χ1) is 13.0. The Bertz CT molecular complexity index is 984. The van der Waals surface area contributed by atoms with Gasteiger partial charge in [-0.3, -0.25) is 4.79 Å². The van der Waals surface area contributed by atoms with Gasteiger partial charge < -0.3 is 20.4 Å². The van der Waals surface area contributed by atoms with Gasteiger partial charge in [0.2, 0.25) is 0 Å². The molecule has 1 amide bonds. The van der Waals surface area contributed by atoms with Crippen LogP contribution in [-0.4, -0.2) is 21.0 Å². The highest BCUT2D eigenvalue weighted by Crippen LogP contribution is 2.40. The Morgan fingerprint density at radius 3 is 2.44 bits per heavy atom. The maximum absolute atomic E-state index is 13.2. The van der Waals surface area contributed by atoms with Gasteiger partial charge in [-0.1, -0.05) is 54.1 Å². The first kappa shape index (κ1) is 17.2. The SMILES string of the molecule is O=C1c2ccccc2N[C@@H](c2cc(O)c(O)c(Cl)c2)N1Cc1ccccc1. The number of nitrogens with one attached hydrogen (secondary N) is 1. The van der Waals surface area contributed by atoms with Gasteiger partial charge in [0.15, 0.2) is 11.5 Å². The number of rotatable bonds is 3. The number of nitrogens with zero attached hydrogens (tertiary/aromatic N) is 1. The Morgan fingerprint density at radius 2 is 1.70 bits per heavy atom. The number of fused-ring (bicyclic) bond motifs is 1. The number of hydrogen-bond acceptors (Lipinski definition) is 4. The van der Waals surface area contributed by atoms with Gasteiger partial charge in [0.05, 0.1) is 10.6 Å². The summed E-state index contributed by atoms with van der Waals surface area (Å²) in [5, 5.41) is 23.1. The molecule has 0 bridgehead atoms. The number of halogens is 1. The summed E-state index contributed by atoms with van der Waals surface area (Å²) in [6.07, 6.45) is -0.545. The van der Waals surface area contributed by atoms with Crippen molar-refractivity contribution in [3.63, 3.8) is 0 Å². The molecule has 1 atom stereocenters. The van der Waals surface area contributed by atoms with E-state index in [0.29, 0.717) is 23.4 Å². The molecule has 0 saturated heterocycles. The van der Waals surface area contributed by atoms with Gasteiger partial charge in [-0.05, 0) is 29.8 Å². The lowest BCUT2D eigenvalue weighted by Crippen LogP contribution is -2.42. The number of carbonyl (C=O) groups excluding carboxylic acids is 1. The van der Waals surface area contributed by atoms with E-state index >= 15 is 0 Å². The van der Waals surface area contributed by atoms with Gasteiger partial charge in [0, 0.05) is 17.8 Å². The summed E-state index contributed by atoms with van der Waals surface area (Å²) < 4.78 is 0. The maximum Gasteiger partial charge on any atom is 0.258 e. The third-order valence-electron chi connectivity index (χ3n) is 4.60. The molecule has 3 N–H and O–H groups in total. The number of anilines is 1. The molecule has 1 heterocycles. The van der Waals surface area contributed by atoms with Crippen molar-refractivity contribution in [2.75, 3.05) is 5.32 Å². The lowest BCUT2D eigenvalue weighted by Gasteiger charge is -2.38. The van der Waals surface area contributed by atoms with Crippen LogP contribution >= 0.6 is 11.6 Å². The minimum absolute atomic E-state index is 0.0257. The summed E-state index contributed by atoms with van der Waals surface area (Å²) >= 11 is 6.04. The van der Waals surface area contributed by atoms with E-state index in [1.165, 1.54) is 6.07 Å². The van der Waals surface area contributed by atoms with Gasteiger partial charge >= 0.3 is 0 Å². The normalized spacial score (nSPS) is 16.0. The number of hydrogen-bond donors (Lipinski definition) is 3. The number of carbonyl (C=O) groups is 1. The fourth-order valence-corrected chi connectivity index (χ4v) is 3.48. The topological polar surface area (TPSA) is 72.8 Å². The zero-order valence-electron chi connectivity index (χ0n) is 14.3. The Hall–Kier alpha value is -3.18. The van der Waals surface area contributed by atoms with Gasteiger partial charge in [0.1, 0.15) is 6.17 Å². The molecule has 0 unspecified atom stereocenters. The van der Waals surface area contributed by atoms with E-state index < -0.39 is 6.17 Å². The van der Waals surface area contributed by atoms with Crippen molar-refractivity contribution < 1.29 is 15.0 Å². The van der Waals surface area contributed by atoms with Crippen LogP contribution in [0.25, 0.3) is 0 Å². The number of para-hydroxylation sites is 1. The van der Waals surface area contributed by atoms with Gasteiger partial charge in [-0.25, -0.2) is 0 Å². The van der Waals surface area contributed by atoms with E-state index in [1.807, 2.05) is 48.5 Å². The van der Waals surface area contributed by atoms with E-state index in [-0.39, 0.29) is 22.4 Å². The Morgan fingerprint density at radius 1 is 1.00 bits per heavy atom. The second kappa shape index (κ2) is 6.85. The minimum Gasteiger partial charge on any atom is -0.504 e. The second-order valence-electron chi connectivity index (χ2n) is 6.38. The monoisotopic (exact) mass is 380 g/mol. The van der Waals surface area contributed by atoms with Gasteiger partial charge in [0.25, 0.3) is 5.91 Å². The van der Waals surface area contributed by atoms with Crippen molar-refractivity contribution in [2.24, 2.45) is 0 Å². The molecule has 0 saturated carbocycles. The highest BCUT2D eigenvalue weighted by Gasteiger charge is 2.33. The Balaban J connectivity index is 1.80. The molecular weight excluding hydrogens is 364 g/mol. The van der Waals surface area contributed by atoms with Crippen LogP contribution in [0.2, 0.25) is 5.02 Å². The fraction of sp³-hybridized carbons (Fsp3) is 0.0952. The van der Waals surface area contributed by atoms with Gasteiger partial charge in [-0.15, -0.1) is 0 Å². The number of benzene rings is 3. The first-order valence-corrected chi connectivity index (χ1v) is 8.84. The first-order valence-electron chi connectivity index (χ1n) is 8.46. The largest absolute Gasteiger partial charge is 0.504 e. The van der Waals surface area contributed by atoms with Crippen LogP contribution in [0.5, 0.6) is 11.5 Å². The molecule has 0 aromatic heterocycles. The molecular formula is C21H17ClN2O3. The number of amides is 1. The van der Waals surface area contributed by atoms with Crippen LogP contribution in [0.4, 0.5) is 5.69 Å². The molecule has 3 aromatic carbocycles. The minimum atomic E-state index is -0.545. The molecule has 0 fully saturated rings. The lowest BCUT2D eigenvalue weighted by molar-refractivity contribution is 0.0666. The summed E-state index contributed by atoms with van der Waals surface area (Å²) in [4.78, 5) is 14.9. The summed E-state index contributed by atoms with van der Waals surface area (Å²) in [6.45, 7) is 0.380. The number of aromatic hydroxyl groups is 2. The zero-order chi connectivity index (χ0) is 19.0. The highest BCUT2D eigenvalue weighted by atomic mass is 35.5. The van der Waals surface area contributed by atoms with Crippen molar-refractivity contribution in [3.8, 4) is 11.5 Å². The van der Waals surface area contributed by atoms with Crippen LogP contribution in [0.1, 0.15) is 27.7 Å². The van der Waals surface area contributed by atoms with Crippen LogP contribution in [-0.2, 0) is 6.54 Å². The van der Waals surface area contributed by atoms with Crippen molar-refractivity contribution in [3.05, 3.63) is 88.4 Å². The molecule has 4 rings (SSSR count). The van der Waals surface area contributed by atoms with Crippen LogP contribution in [0.15, 0.2) is 66.7 Å². The van der Waals surface area contributed by atoms with Gasteiger partial charge in [-0.2, -0.15) is 0 Å². The van der Waals surface area contributed by atoms with Crippen LogP contribution in [0, 0.1) is 0 Å². The van der Waals surface area contributed by atoms with Crippen molar-refractivity contribution in [1.82, 2.24) is 4.90 Å². The Kier molecular flexibility index (Phi) is 4.38. The number of phenolic OH excluding ortho intramolecular Hbond substituents is 2. The van der Waals surface area contributed by atoms with E-state index in [9.17, 15) is 15.0 Å². The molecule has 27 heavy (non-hydrogen) atoms. The summed E-state index contributed by atoms with van der Waals surface area (Å²) in [5.74, 6) is -0.829. The molecule has 3 aromatic rings. The summed E-state index contributed by atoms with van der Waals surface area (Å²) in [6, 6.07) is 19.9. The van der Waals surface area contributed by atoms with Crippen molar-refractivity contribution >= 4 is 23.2 Å². The average molecular weight is 381 g/mol. The molecule has 0 spiro atoms. The standard InChI is InChI=1S/C21H17ClN2O3/c22-16-10-14(11-18(25)19(16)26)20-23-17-9-5-4-8-15(17)21(27)24(20)12-13-6-2-1-3-7-13/h1-11,20,23,25-26H,12H2/t20-/m1/s1. The molecule has 6 heteroatoms. The second-order valence-corrected chi connectivity index (χ2v) is 6.79. The van der Waals surface area contributed by atoms with E-state index in [2.05, 4.69) is 5.32 Å². The molecule has 1 aliphatic heterocycles. The molecule has 0 radical (unpaired) electrons. The van der Waals surface area contributed by atoms with Crippen molar-refractivity contribution in [2.45, 2.75) is 12.7 Å². The summed E-state index contributed by atoms with van der Waals surface area (Å²) in [5.41, 5.74) is 2.85. The highest BCUT2D eigenvalue weighted by molar-refractivity contribution is 6.32. The number of phenols is 2. The average Bonchev–Trinajstić information content (AvgIpc) is 2.68. The predicted molar refractivity (Wildman–Crippen MR) is 104 cm³/mol. The molecule has 136 valence electrons. The molecule has 5 nitrogen and oxygen atoms in total. The zero-order valence-corrected chi connectivity index (χ0v) is 15.0. The predicted octanol–water partition coefficient (Wildman–Crippen LogP) is 4.52. The maximum atomic E-state index is 13.2. The smallest absolute Gasteiger partial charge is 0.258 e. The van der Waals surface area contributed by atoms with Crippen LogP contribution in [0.3, 0.4) is 0 Å². The fourth-order valence-electron chi connectivity index (χ4n) is 3.26. The third-order valence-corrected chi connectivity index (χ3v) is 4.89. The van der Waals surface area contributed by atoms with Crippen LogP contribution < -0.4 is 5.32 Å². The third kappa shape index (κ3) is 3.17. The van der Waals surface area contributed by atoms with E-state index in [0.717, 1.165) is 5.56 Å². The Labute approximate surface area is 161 Å². The van der Waals surface area contributed by atoms with E-state index in [1.54, 1.807) is 17.0 Å². The lowest BCUT2D eigenvalue weighted by atomic mass is 10.0. The molecule has 0 aliphatic carbocycles. The quantitative estimate of drug-likeness (QED) is 0.584.